The molecule has 0 amide bonds. The zero-order valence-electron chi connectivity index (χ0n) is 9.32. The highest BCUT2D eigenvalue weighted by Crippen LogP contribution is 2.41. The number of hydrogen-bond donors (Lipinski definition) is 1. The molecular formula is C9H5F5N2O4. The van der Waals surface area contributed by atoms with Crippen LogP contribution in [0.25, 0.3) is 0 Å². The summed E-state index contributed by atoms with van der Waals surface area (Å²) < 4.78 is 63.6. The third-order valence-corrected chi connectivity index (χ3v) is 2.21. The Balaban J connectivity index is 3.73. The molecule has 0 saturated heterocycles. The summed E-state index contributed by atoms with van der Waals surface area (Å²) in [6, 6.07) is 0. The van der Waals surface area contributed by atoms with E-state index in [4.69, 9.17) is 5.11 Å². The fourth-order valence-electron chi connectivity index (χ4n) is 1.53. The van der Waals surface area contributed by atoms with E-state index < -0.39 is 52.4 Å². The molecule has 0 radical (unpaired) electrons. The maximum Gasteiger partial charge on any atom is 0.423 e. The molecule has 0 bridgehead atoms. The van der Waals surface area contributed by atoms with Crippen molar-refractivity contribution in [1.82, 2.24) is 4.98 Å². The monoisotopic (exact) mass is 300 g/mol. The minimum atomic E-state index is -5.36. The Labute approximate surface area is 107 Å². The average Bonchev–Trinajstić information content (AvgIpc) is 2.25. The van der Waals surface area contributed by atoms with Crippen molar-refractivity contribution in [2.75, 3.05) is 0 Å². The Morgan fingerprint density at radius 3 is 2.35 bits per heavy atom. The number of aliphatic carboxylic acids is 1. The van der Waals surface area contributed by atoms with Crippen LogP contribution in [0.4, 0.5) is 27.6 Å². The molecule has 0 unspecified atom stereocenters. The maximum absolute atomic E-state index is 12.8. The molecule has 0 aliphatic heterocycles. The second kappa shape index (κ2) is 5.35. The van der Waals surface area contributed by atoms with Crippen molar-refractivity contribution in [3.63, 3.8) is 0 Å². The van der Waals surface area contributed by atoms with Gasteiger partial charge in [0.05, 0.1) is 11.3 Å². The summed E-state index contributed by atoms with van der Waals surface area (Å²) in [6.45, 7) is 0. The molecule has 0 aliphatic carbocycles. The van der Waals surface area contributed by atoms with Gasteiger partial charge in [-0.25, -0.2) is 13.8 Å². The van der Waals surface area contributed by atoms with Gasteiger partial charge in [0.2, 0.25) is 0 Å². The fraction of sp³-hybridized carbons (Fsp3) is 0.333. The number of nitrogens with zero attached hydrogens (tertiary/aromatic N) is 2. The molecule has 1 rings (SSSR count). The molecule has 0 atom stereocenters. The Bertz CT molecular complexity index is 558. The lowest BCUT2D eigenvalue weighted by Crippen LogP contribution is -2.18. The van der Waals surface area contributed by atoms with Crippen molar-refractivity contribution in [3.8, 4) is 0 Å². The molecular weight excluding hydrogens is 295 g/mol. The van der Waals surface area contributed by atoms with Crippen LogP contribution in [0.15, 0.2) is 6.20 Å². The maximum atomic E-state index is 12.8. The van der Waals surface area contributed by atoms with E-state index in [1.807, 2.05) is 0 Å². The summed E-state index contributed by atoms with van der Waals surface area (Å²) in [5.41, 5.74) is -6.44. The number of pyridine rings is 1. The first kappa shape index (κ1) is 15.7. The predicted octanol–water partition coefficient (Wildman–Crippen LogP) is 2.57. The Morgan fingerprint density at radius 2 is 2.00 bits per heavy atom. The largest absolute Gasteiger partial charge is 0.481 e. The van der Waals surface area contributed by atoms with Gasteiger partial charge in [-0.1, -0.05) is 0 Å². The standard InChI is InChI=1S/C9H5F5N2O4/c10-8(11)7-3(1-5(17)18)6(9(12,13)14)4(2-15-7)16(19)20/h2,8H,1H2,(H,17,18). The summed E-state index contributed by atoms with van der Waals surface area (Å²) in [4.78, 5) is 22.4. The van der Waals surface area contributed by atoms with Crippen LogP contribution in [0.5, 0.6) is 0 Å². The summed E-state index contributed by atoms with van der Waals surface area (Å²) in [7, 11) is 0. The number of alkyl halides is 5. The van der Waals surface area contributed by atoms with Crippen LogP contribution in [-0.4, -0.2) is 21.0 Å². The van der Waals surface area contributed by atoms with Crippen LogP contribution >= 0.6 is 0 Å². The second-order valence-electron chi connectivity index (χ2n) is 3.51. The number of nitro groups is 1. The third-order valence-electron chi connectivity index (χ3n) is 2.21. The smallest absolute Gasteiger partial charge is 0.423 e. The van der Waals surface area contributed by atoms with E-state index >= 15 is 0 Å². The number of aromatic nitrogens is 1. The molecule has 110 valence electrons. The van der Waals surface area contributed by atoms with E-state index in [0.717, 1.165) is 0 Å². The molecule has 6 nitrogen and oxygen atoms in total. The SMILES string of the molecule is O=C(O)Cc1c(C(F)F)ncc([N+](=O)[O-])c1C(F)(F)F. The second-order valence-corrected chi connectivity index (χ2v) is 3.51. The first-order valence-corrected chi connectivity index (χ1v) is 4.79. The van der Waals surface area contributed by atoms with E-state index in [2.05, 4.69) is 4.98 Å². The van der Waals surface area contributed by atoms with Gasteiger partial charge >= 0.3 is 12.1 Å². The van der Waals surface area contributed by atoms with Crippen LogP contribution < -0.4 is 0 Å². The van der Waals surface area contributed by atoms with E-state index in [-0.39, 0.29) is 6.20 Å². The lowest BCUT2D eigenvalue weighted by atomic mass is 10.0. The van der Waals surface area contributed by atoms with Crippen molar-refractivity contribution in [3.05, 3.63) is 33.1 Å². The van der Waals surface area contributed by atoms with E-state index in [9.17, 15) is 36.9 Å². The summed E-state index contributed by atoms with van der Waals surface area (Å²) in [5.74, 6) is -1.85. The predicted molar refractivity (Wildman–Crippen MR) is 52.2 cm³/mol. The molecule has 1 heterocycles. The van der Waals surface area contributed by atoms with Crippen LogP contribution in [0.3, 0.4) is 0 Å². The summed E-state index contributed by atoms with van der Waals surface area (Å²) >= 11 is 0. The molecule has 1 aromatic heterocycles. The quantitative estimate of drug-likeness (QED) is 0.524. The number of rotatable bonds is 4. The zero-order chi connectivity index (χ0) is 15.7. The minimum absolute atomic E-state index is 0.0374. The average molecular weight is 300 g/mol. The molecule has 1 aromatic rings. The highest BCUT2D eigenvalue weighted by atomic mass is 19.4. The molecule has 0 fully saturated rings. The van der Waals surface area contributed by atoms with Gasteiger partial charge in [-0.3, -0.25) is 14.9 Å². The lowest BCUT2D eigenvalue weighted by molar-refractivity contribution is -0.388. The Kier molecular flexibility index (Phi) is 4.20. The van der Waals surface area contributed by atoms with Crippen molar-refractivity contribution in [1.29, 1.82) is 0 Å². The van der Waals surface area contributed by atoms with Gasteiger partial charge in [0.15, 0.2) is 0 Å². The molecule has 0 aromatic carbocycles. The van der Waals surface area contributed by atoms with E-state index in [1.165, 1.54) is 0 Å². The van der Waals surface area contributed by atoms with Crippen molar-refractivity contribution >= 4 is 11.7 Å². The first-order chi connectivity index (χ1) is 9.05. The highest BCUT2D eigenvalue weighted by Gasteiger charge is 2.43. The van der Waals surface area contributed by atoms with Gasteiger partial charge < -0.3 is 5.11 Å². The van der Waals surface area contributed by atoms with Crippen LogP contribution in [-0.2, 0) is 17.4 Å². The number of carbonyl (C=O) groups is 1. The molecule has 1 N–H and O–H groups in total. The highest BCUT2D eigenvalue weighted by molar-refractivity contribution is 5.72. The molecule has 11 heteroatoms. The first-order valence-electron chi connectivity index (χ1n) is 4.79. The van der Waals surface area contributed by atoms with Gasteiger partial charge in [-0.05, 0) is 0 Å². The van der Waals surface area contributed by atoms with Crippen LogP contribution in [0, 0.1) is 10.1 Å². The number of carboxylic acid groups (broad SMARTS) is 1. The molecule has 0 saturated carbocycles. The van der Waals surface area contributed by atoms with Gasteiger partial charge in [0.25, 0.3) is 12.1 Å². The normalized spacial score (nSPS) is 11.7. The lowest BCUT2D eigenvalue weighted by Gasteiger charge is -2.14. The van der Waals surface area contributed by atoms with E-state index in [0.29, 0.717) is 0 Å². The van der Waals surface area contributed by atoms with Crippen LogP contribution in [0.1, 0.15) is 23.2 Å². The number of carboxylic acids is 1. The fourth-order valence-corrected chi connectivity index (χ4v) is 1.53. The minimum Gasteiger partial charge on any atom is -0.481 e. The van der Waals surface area contributed by atoms with Gasteiger partial charge in [0, 0.05) is 5.56 Å². The Hall–Kier alpha value is -2.33. The zero-order valence-corrected chi connectivity index (χ0v) is 9.32. The van der Waals surface area contributed by atoms with Crippen molar-refractivity contribution in [2.24, 2.45) is 0 Å². The van der Waals surface area contributed by atoms with Crippen LogP contribution in [0.2, 0.25) is 0 Å². The van der Waals surface area contributed by atoms with Gasteiger partial charge in [-0.15, -0.1) is 0 Å². The summed E-state index contributed by atoms with van der Waals surface area (Å²) in [6.07, 6.45) is -10.3. The number of halogens is 5. The van der Waals surface area contributed by atoms with Crippen molar-refractivity contribution < 1.29 is 36.8 Å². The number of hydrogen-bond acceptors (Lipinski definition) is 4. The third kappa shape index (κ3) is 3.16. The molecule has 20 heavy (non-hydrogen) atoms. The van der Waals surface area contributed by atoms with E-state index in [1.54, 1.807) is 0 Å². The van der Waals surface area contributed by atoms with Gasteiger partial charge in [-0.2, -0.15) is 13.2 Å². The van der Waals surface area contributed by atoms with Gasteiger partial charge in [0.1, 0.15) is 17.5 Å². The van der Waals surface area contributed by atoms with Crippen molar-refractivity contribution in [2.45, 2.75) is 19.0 Å². The molecule has 0 spiro atoms. The Morgan fingerprint density at radius 1 is 1.45 bits per heavy atom. The summed E-state index contributed by atoms with van der Waals surface area (Å²) in [5, 5.41) is 19.0. The molecule has 0 aliphatic rings. The topological polar surface area (TPSA) is 93.3 Å².